The lowest BCUT2D eigenvalue weighted by molar-refractivity contribution is -0.121. The van der Waals surface area contributed by atoms with E-state index in [4.69, 9.17) is 19.7 Å². The Morgan fingerprint density at radius 3 is 2.63 bits per heavy atom. The van der Waals surface area contributed by atoms with Crippen LogP contribution in [0, 0.1) is 0 Å². The highest BCUT2D eigenvalue weighted by Crippen LogP contribution is 2.33. The van der Waals surface area contributed by atoms with E-state index in [1.807, 2.05) is 11.8 Å². The van der Waals surface area contributed by atoms with Crippen LogP contribution in [0.4, 0.5) is 4.79 Å². The van der Waals surface area contributed by atoms with Gasteiger partial charge in [-0.15, -0.1) is 0 Å². The topological polar surface area (TPSA) is 147 Å². The number of rotatable bonds is 17. The fourth-order valence-corrected chi connectivity index (χ4v) is 4.86. The second kappa shape index (κ2) is 15.1. The Morgan fingerprint density at radius 1 is 1.13 bits per heavy atom. The first-order chi connectivity index (χ1) is 14.7. The van der Waals surface area contributed by atoms with Gasteiger partial charge >= 0.3 is 6.03 Å². The Hall–Kier alpha value is -1.72. The molecule has 0 unspecified atom stereocenters. The van der Waals surface area contributed by atoms with E-state index in [-0.39, 0.29) is 24.0 Å². The van der Waals surface area contributed by atoms with Gasteiger partial charge in [0.15, 0.2) is 0 Å². The number of carbonyl (C=O) groups excluding carboxylic acids is 2. The molecule has 2 aliphatic heterocycles. The first kappa shape index (κ1) is 24.5. The number of nitrogens with zero attached hydrogens (tertiary/aromatic N) is 3. The summed E-state index contributed by atoms with van der Waals surface area (Å²) in [6, 6.07) is 0.426. The Labute approximate surface area is 181 Å². The number of hydrogen-bond acceptors (Lipinski definition) is 7. The van der Waals surface area contributed by atoms with Gasteiger partial charge in [0.25, 0.3) is 0 Å². The number of azide groups is 1. The van der Waals surface area contributed by atoms with E-state index < -0.39 is 0 Å². The largest absolute Gasteiger partial charge is 0.379 e. The molecule has 0 saturated carbocycles. The zero-order valence-corrected chi connectivity index (χ0v) is 18.0. The molecule has 2 fully saturated rings. The van der Waals surface area contributed by atoms with Gasteiger partial charge in [-0.05, 0) is 18.4 Å². The van der Waals surface area contributed by atoms with Crippen LogP contribution in [0.3, 0.4) is 0 Å². The standard InChI is InChI=1S/C18H32N6O5S/c19-24-21-6-8-28-10-12-29-11-9-27-7-5-20-16(25)4-2-1-3-15-17-14(13-30-15)22-18(26)23-17/h14-15,17H,1-13H2,(H,20,25)(H2,22,23,26)/t14-,15+,17+/m0/s1. The number of amides is 3. The van der Waals surface area contributed by atoms with Crippen LogP contribution in [0.5, 0.6) is 0 Å². The van der Waals surface area contributed by atoms with E-state index in [0.717, 1.165) is 25.0 Å². The molecule has 0 aromatic rings. The molecule has 12 heteroatoms. The SMILES string of the molecule is [N-]=[N+]=NCCOCCOCCOCCNC(=O)CCCC[C@H]1SC[C@@H]2NC(=O)N[C@H]21. The fourth-order valence-electron chi connectivity index (χ4n) is 3.32. The summed E-state index contributed by atoms with van der Waals surface area (Å²) < 4.78 is 15.9. The van der Waals surface area contributed by atoms with Crippen molar-refractivity contribution in [3.8, 4) is 0 Å². The summed E-state index contributed by atoms with van der Waals surface area (Å²) in [6.45, 7) is 3.48. The smallest absolute Gasteiger partial charge is 0.315 e. The number of carbonyl (C=O) groups is 2. The van der Waals surface area contributed by atoms with Crippen LogP contribution in [0.25, 0.3) is 10.4 Å². The van der Waals surface area contributed by atoms with Gasteiger partial charge in [0, 0.05) is 35.4 Å². The monoisotopic (exact) mass is 444 g/mol. The van der Waals surface area contributed by atoms with Gasteiger partial charge in [-0.25, -0.2) is 4.79 Å². The highest BCUT2D eigenvalue weighted by Gasteiger charge is 2.42. The van der Waals surface area contributed by atoms with Gasteiger partial charge in [-0.1, -0.05) is 11.5 Å². The molecule has 2 aliphatic rings. The number of nitrogens with one attached hydrogen (secondary N) is 3. The number of hydrogen-bond donors (Lipinski definition) is 3. The van der Waals surface area contributed by atoms with Crippen molar-refractivity contribution in [2.75, 3.05) is 58.5 Å². The van der Waals surface area contributed by atoms with E-state index in [9.17, 15) is 9.59 Å². The van der Waals surface area contributed by atoms with Gasteiger partial charge in [-0.2, -0.15) is 11.8 Å². The molecule has 0 bridgehead atoms. The number of unbranched alkanes of at least 4 members (excludes halogenated alkanes) is 1. The molecular formula is C18H32N6O5S. The van der Waals surface area contributed by atoms with Crippen LogP contribution in [0.2, 0.25) is 0 Å². The van der Waals surface area contributed by atoms with Gasteiger partial charge in [-0.3, -0.25) is 4.79 Å². The summed E-state index contributed by atoms with van der Waals surface area (Å²) in [7, 11) is 0. The Bertz CT molecular complexity index is 577. The summed E-state index contributed by atoms with van der Waals surface area (Å²) in [5, 5.41) is 12.6. The summed E-state index contributed by atoms with van der Waals surface area (Å²) >= 11 is 1.90. The van der Waals surface area contributed by atoms with Crippen molar-refractivity contribution in [1.82, 2.24) is 16.0 Å². The maximum absolute atomic E-state index is 11.9. The molecular weight excluding hydrogens is 412 g/mol. The minimum Gasteiger partial charge on any atom is -0.379 e. The quantitative estimate of drug-likeness (QED) is 0.101. The molecule has 0 aliphatic carbocycles. The van der Waals surface area contributed by atoms with Gasteiger partial charge in [0.2, 0.25) is 5.91 Å². The third-order valence-electron chi connectivity index (χ3n) is 4.79. The van der Waals surface area contributed by atoms with Crippen molar-refractivity contribution in [2.45, 2.75) is 43.0 Å². The molecule has 11 nitrogen and oxygen atoms in total. The molecule has 2 rings (SSSR count). The van der Waals surface area contributed by atoms with Crippen LogP contribution in [-0.2, 0) is 19.0 Å². The molecule has 0 aromatic carbocycles. The van der Waals surface area contributed by atoms with Crippen molar-refractivity contribution in [2.24, 2.45) is 5.11 Å². The molecule has 0 spiro atoms. The molecule has 30 heavy (non-hydrogen) atoms. The average Bonchev–Trinajstić information content (AvgIpc) is 3.28. The van der Waals surface area contributed by atoms with Crippen molar-refractivity contribution in [3.63, 3.8) is 0 Å². The number of ether oxygens (including phenoxy) is 3. The summed E-state index contributed by atoms with van der Waals surface area (Å²) in [5.74, 6) is 1.01. The first-order valence-corrected chi connectivity index (χ1v) is 11.4. The summed E-state index contributed by atoms with van der Waals surface area (Å²) in [6.07, 6.45) is 3.36. The lowest BCUT2D eigenvalue weighted by Gasteiger charge is -2.16. The Morgan fingerprint density at radius 2 is 1.87 bits per heavy atom. The minimum absolute atomic E-state index is 0.0421. The first-order valence-electron chi connectivity index (χ1n) is 10.4. The van der Waals surface area contributed by atoms with Crippen LogP contribution >= 0.6 is 11.8 Å². The number of thioether (sulfide) groups is 1. The summed E-state index contributed by atoms with van der Waals surface area (Å²) in [5.41, 5.74) is 8.10. The van der Waals surface area contributed by atoms with Crippen LogP contribution in [0.1, 0.15) is 25.7 Å². The lowest BCUT2D eigenvalue weighted by Crippen LogP contribution is -2.36. The molecule has 2 heterocycles. The van der Waals surface area contributed by atoms with Gasteiger partial charge in [0.1, 0.15) is 0 Å². The van der Waals surface area contributed by atoms with Crippen molar-refractivity contribution >= 4 is 23.7 Å². The van der Waals surface area contributed by atoms with E-state index in [1.165, 1.54) is 0 Å². The van der Waals surface area contributed by atoms with Crippen molar-refractivity contribution in [1.29, 1.82) is 0 Å². The third kappa shape index (κ3) is 9.86. The predicted octanol–water partition coefficient (Wildman–Crippen LogP) is 1.19. The zero-order chi connectivity index (χ0) is 21.4. The highest BCUT2D eigenvalue weighted by molar-refractivity contribution is 8.00. The van der Waals surface area contributed by atoms with E-state index in [2.05, 4.69) is 26.0 Å². The van der Waals surface area contributed by atoms with Crippen LogP contribution in [-0.4, -0.2) is 87.8 Å². The van der Waals surface area contributed by atoms with Crippen molar-refractivity contribution < 1.29 is 23.8 Å². The fraction of sp³-hybridized carbons (Fsp3) is 0.889. The Balaban J connectivity index is 1.32. The van der Waals surface area contributed by atoms with Gasteiger partial charge in [0.05, 0.1) is 51.7 Å². The lowest BCUT2D eigenvalue weighted by atomic mass is 10.0. The molecule has 2 saturated heterocycles. The Kier molecular flexibility index (Phi) is 12.4. The predicted molar refractivity (Wildman–Crippen MR) is 113 cm³/mol. The molecule has 3 amide bonds. The van der Waals surface area contributed by atoms with Gasteiger partial charge < -0.3 is 30.2 Å². The molecule has 0 aromatic heterocycles. The number of urea groups is 1. The molecule has 3 N–H and O–H groups in total. The average molecular weight is 445 g/mol. The maximum Gasteiger partial charge on any atom is 0.315 e. The number of fused-ring (bicyclic) bond motifs is 1. The second-order valence-electron chi connectivity index (χ2n) is 7.01. The highest BCUT2D eigenvalue weighted by atomic mass is 32.2. The zero-order valence-electron chi connectivity index (χ0n) is 17.2. The molecule has 170 valence electrons. The van der Waals surface area contributed by atoms with Crippen LogP contribution in [0.15, 0.2) is 5.11 Å². The molecule has 0 radical (unpaired) electrons. The van der Waals surface area contributed by atoms with E-state index in [0.29, 0.717) is 64.4 Å². The summed E-state index contributed by atoms with van der Waals surface area (Å²) in [4.78, 5) is 25.9. The van der Waals surface area contributed by atoms with Crippen LogP contribution < -0.4 is 16.0 Å². The minimum atomic E-state index is -0.0589. The maximum atomic E-state index is 11.9. The normalized spacial score (nSPS) is 22.1. The molecule has 3 atom stereocenters. The second-order valence-corrected chi connectivity index (χ2v) is 8.28. The van der Waals surface area contributed by atoms with E-state index >= 15 is 0 Å². The van der Waals surface area contributed by atoms with E-state index in [1.54, 1.807) is 0 Å². The third-order valence-corrected chi connectivity index (χ3v) is 6.30. The van der Waals surface area contributed by atoms with Crippen molar-refractivity contribution in [3.05, 3.63) is 10.4 Å².